The SMILES string of the molecule is C1CCC(NC2CCCCC2)CC1.CCCCCC=CCCC(=O)N[C@@H](CC(=O)O)CC(C)C. The van der Waals surface area contributed by atoms with Gasteiger partial charge < -0.3 is 15.7 Å². The second-order valence-electron chi connectivity index (χ2n) is 10.8. The summed E-state index contributed by atoms with van der Waals surface area (Å²) in [4.78, 5) is 22.6. The minimum atomic E-state index is -0.864. The molecule has 2 aliphatic rings. The summed E-state index contributed by atoms with van der Waals surface area (Å²) in [6.45, 7) is 6.23. The van der Waals surface area contributed by atoms with E-state index in [1.807, 2.05) is 19.9 Å². The Morgan fingerprint density at radius 2 is 1.44 bits per heavy atom. The number of hydrogen-bond donors (Lipinski definition) is 3. The molecule has 0 bridgehead atoms. The van der Waals surface area contributed by atoms with Crippen molar-refractivity contribution in [3.8, 4) is 0 Å². The van der Waals surface area contributed by atoms with E-state index in [1.165, 1.54) is 83.5 Å². The predicted molar refractivity (Wildman–Crippen MR) is 143 cm³/mol. The average Bonchev–Trinajstić information content (AvgIpc) is 2.79. The molecular weight excluding hydrogens is 424 g/mol. The van der Waals surface area contributed by atoms with Gasteiger partial charge in [-0.05, 0) is 57.3 Å². The highest BCUT2D eigenvalue weighted by molar-refractivity contribution is 5.77. The third-order valence-electron chi connectivity index (χ3n) is 6.90. The number of aliphatic carboxylic acids is 1. The van der Waals surface area contributed by atoms with Crippen molar-refractivity contribution in [2.24, 2.45) is 5.92 Å². The summed E-state index contributed by atoms with van der Waals surface area (Å²) in [5, 5.41) is 15.6. The van der Waals surface area contributed by atoms with Crippen molar-refractivity contribution in [2.75, 3.05) is 0 Å². The third kappa shape index (κ3) is 17.1. The average molecular weight is 479 g/mol. The van der Waals surface area contributed by atoms with Crippen LogP contribution in [0.3, 0.4) is 0 Å². The van der Waals surface area contributed by atoms with Crippen molar-refractivity contribution >= 4 is 11.9 Å². The van der Waals surface area contributed by atoms with Crippen LogP contribution in [0.5, 0.6) is 0 Å². The molecule has 0 aromatic carbocycles. The van der Waals surface area contributed by atoms with Gasteiger partial charge in [0.2, 0.25) is 5.91 Å². The summed E-state index contributed by atoms with van der Waals surface area (Å²) in [5.41, 5.74) is 0. The maximum absolute atomic E-state index is 11.8. The Morgan fingerprint density at radius 1 is 0.882 bits per heavy atom. The number of carboxylic acids is 1. The molecule has 0 aliphatic heterocycles. The molecule has 1 amide bonds. The Morgan fingerprint density at radius 3 is 1.94 bits per heavy atom. The van der Waals surface area contributed by atoms with Crippen LogP contribution < -0.4 is 10.6 Å². The van der Waals surface area contributed by atoms with E-state index in [1.54, 1.807) is 0 Å². The van der Waals surface area contributed by atoms with Crippen molar-refractivity contribution < 1.29 is 14.7 Å². The molecule has 0 unspecified atom stereocenters. The number of rotatable bonds is 14. The highest BCUT2D eigenvalue weighted by Gasteiger charge is 2.19. The van der Waals surface area contributed by atoms with E-state index in [-0.39, 0.29) is 18.4 Å². The van der Waals surface area contributed by atoms with Gasteiger partial charge in [0.25, 0.3) is 0 Å². The van der Waals surface area contributed by atoms with Gasteiger partial charge in [-0.15, -0.1) is 0 Å². The van der Waals surface area contributed by atoms with Crippen LogP contribution in [0.2, 0.25) is 0 Å². The fourth-order valence-electron chi connectivity index (χ4n) is 5.11. The molecule has 198 valence electrons. The van der Waals surface area contributed by atoms with Gasteiger partial charge in [0.1, 0.15) is 0 Å². The van der Waals surface area contributed by atoms with E-state index in [0.717, 1.165) is 24.9 Å². The smallest absolute Gasteiger partial charge is 0.305 e. The van der Waals surface area contributed by atoms with Gasteiger partial charge in [0.15, 0.2) is 0 Å². The van der Waals surface area contributed by atoms with Crippen molar-refractivity contribution in [2.45, 2.75) is 154 Å². The van der Waals surface area contributed by atoms with Gasteiger partial charge in [0, 0.05) is 24.5 Å². The molecule has 0 spiro atoms. The number of allylic oxidation sites excluding steroid dienone is 2. The second-order valence-corrected chi connectivity index (χ2v) is 10.8. The number of nitrogens with one attached hydrogen (secondary N) is 2. The van der Waals surface area contributed by atoms with Gasteiger partial charge in [-0.3, -0.25) is 9.59 Å². The Hall–Kier alpha value is -1.36. The Balaban J connectivity index is 0.000000375. The maximum atomic E-state index is 11.8. The van der Waals surface area contributed by atoms with Crippen LogP contribution >= 0.6 is 0 Å². The molecule has 5 heteroatoms. The third-order valence-corrected chi connectivity index (χ3v) is 6.90. The van der Waals surface area contributed by atoms with E-state index >= 15 is 0 Å². The lowest BCUT2D eigenvalue weighted by molar-refractivity contribution is -0.137. The number of unbranched alkanes of at least 4 members (excludes halogenated alkanes) is 3. The van der Waals surface area contributed by atoms with Crippen molar-refractivity contribution in [1.82, 2.24) is 10.6 Å². The zero-order chi connectivity index (χ0) is 25.0. The van der Waals surface area contributed by atoms with Gasteiger partial charge in [-0.1, -0.05) is 84.3 Å². The highest BCUT2D eigenvalue weighted by Crippen LogP contribution is 2.22. The van der Waals surface area contributed by atoms with Crippen LogP contribution in [-0.2, 0) is 9.59 Å². The van der Waals surface area contributed by atoms with Gasteiger partial charge >= 0.3 is 5.97 Å². The van der Waals surface area contributed by atoms with Crippen LogP contribution in [0.4, 0.5) is 0 Å². The molecule has 3 N–H and O–H groups in total. The highest BCUT2D eigenvalue weighted by atomic mass is 16.4. The van der Waals surface area contributed by atoms with E-state index < -0.39 is 5.97 Å². The summed E-state index contributed by atoms with van der Waals surface area (Å²) in [5.74, 6) is -0.551. The molecule has 0 radical (unpaired) electrons. The van der Waals surface area contributed by atoms with Crippen LogP contribution in [0.25, 0.3) is 0 Å². The molecule has 2 saturated carbocycles. The quantitative estimate of drug-likeness (QED) is 0.183. The van der Waals surface area contributed by atoms with Crippen LogP contribution in [0, 0.1) is 5.92 Å². The lowest BCUT2D eigenvalue weighted by Crippen LogP contribution is -2.40. The summed E-state index contributed by atoms with van der Waals surface area (Å²) >= 11 is 0. The minimum Gasteiger partial charge on any atom is -0.481 e. The standard InChI is InChI=1S/C17H31NO3.C12H23N/c1-4-5-6-7-8-9-10-11-16(19)18-15(12-14(2)3)13-17(20)21;1-3-7-11(8-4-1)13-12-9-5-2-6-10-12/h8-9,14-15H,4-7,10-13H2,1-3H3,(H,18,19)(H,20,21);11-13H,1-10H2/t15-;/m1./s1. The zero-order valence-corrected chi connectivity index (χ0v) is 22.5. The van der Waals surface area contributed by atoms with Gasteiger partial charge in [0.05, 0.1) is 6.42 Å². The Bertz CT molecular complexity index is 534. The molecule has 2 rings (SSSR count). The molecule has 34 heavy (non-hydrogen) atoms. The first-order valence-electron chi connectivity index (χ1n) is 14.3. The first kappa shape index (κ1) is 30.7. The fourth-order valence-corrected chi connectivity index (χ4v) is 5.11. The predicted octanol–water partition coefficient (Wildman–Crippen LogP) is 7.15. The minimum absolute atomic E-state index is 0.00320. The normalized spacial score (nSPS) is 18.5. The molecule has 0 aromatic heterocycles. The molecule has 2 aliphatic carbocycles. The lowest BCUT2D eigenvalue weighted by Gasteiger charge is -2.30. The summed E-state index contributed by atoms with van der Waals surface area (Å²) in [7, 11) is 0. The van der Waals surface area contributed by atoms with Crippen LogP contribution in [-0.4, -0.2) is 35.1 Å². The number of carbonyl (C=O) groups excluding carboxylic acids is 1. The monoisotopic (exact) mass is 478 g/mol. The van der Waals surface area contributed by atoms with Crippen molar-refractivity contribution in [3.05, 3.63) is 12.2 Å². The van der Waals surface area contributed by atoms with E-state index in [0.29, 0.717) is 18.8 Å². The van der Waals surface area contributed by atoms with E-state index in [2.05, 4.69) is 23.6 Å². The Kier molecular flexibility index (Phi) is 17.9. The maximum Gasteiger partial charge on any atom is 0.305 e. The molecule has 5 nitrogen and oxygen atoms in total. The fraction of sp³-hybridized carbons (Fsp3) is 0.862. The molecular formula is C29H54N2O3. The second kappa shape index (κ2) is 19.9. The molecule has 0 heterocycles. The molecule has 1 atom stereocenters. The van der Waals surface area contributed by atoms with Crippen LogP contribution in [0.15, 0.2) is 12.2 Å². The largest absolute Gasteiger partial charge is 0.481 e. The van der Waals surface area contributed by atoms with Crippen LogP contribution in [0.1, 0.15) is 136 Å². The first-order valence-corrected chi connectivity index (χ1v) is 14.3. The van der Waals surface area contributed by atoms with Gasteiger partial charge in [-0.25, -0.2) is 0 Å². The summed E-state index contributed by atoms with van der Waals surface area (Å²) < 4.78 is 0. The first-order chi connectivity index (χ1) is 16.4. The topological polar surface area (TPSA) is 78.4 Å². The van der Waals surface area contributed by atoms with Crippen molar-refractivity contribution in [3.63, 3.8) is 0 Å². The number of amides is 1. The molecule has 0 saturated heterocycles. The van der Waals surface area contributed by atoms with Gasteiger partial charge in [-0.2, -0.15) is 0 Å². The molecule has 2 fully saturated rings. The number of carboxylic acid groups (broad SMARTS) is 1. The molecule has 0 aromatic rings. The number of carbonyl (C=O) groups is 2. The van der Waals surface area contributed by atoms with Crippen molar-refractivity contribution in [1.29, 1.82) is 0 Å². The zero-order valence-electron chi connectivity index (χ0n) is 22.5. The Labute approximate surface area is 209 Å². The summed E-state index contributed by atoms with van der Waals surface area (Å²) in [6.07, 6.45) is 25.3. The lowest BCUT2D eigenvalue weighted by atomic mass is 9.91. The summed E-state index contributed by atoms with van der Waals surface area (Å²) in [6, 6.07) is 1.48. The number of hydrogen-bond acceptors (Lipinski definition) is 3. The van der Waals surface area contributed by atoms with E-state index in [4.69, 9.17) is 5.11 Å². The van der Waals surface area contributed by atoms with E-state index in [9.17, 15) is 9.59 Å².